The first-order chi connectivity index (χ1) is 18.0. The Labute approximate surface area is 220 Å². The van der Waals surface area contributed by atoms with Gasteiger partial charge in [0.25, 0.3) is 11.8 Å². The summed E-state index contributed by atoms with van der Waals surface area (Å²) in [5, 5.41) is 29.1. The van der Waals surface area contributed by atoms with Gasteiger partial charge in [-0.3, -0.25) is 24.2 Å². The zero-order valence-corrected chi connectivity index (χ0v) is 21.6. The van der Waals surface area contributed by atoms with Gasteiger partial charge >= 0.3 is 5.97 Å². The summed E-state index contributed by atoms with van der Waals surface area (Å²) in [6.07, 6.45) is 1.98. The first-order valence-corrected chi connectivity index (χ1v) is 12.3. The fourth-order valence-corrected chi connectivity index (χ4v) is 4.10. The Kier molecular flexibility index (Phi) is 9.35. The number of nitrogens with one attached hydrogen (secondary N) is 3. The van der Waals surface area contributed by atoms with Crippen LogP contribution in [-0.4, -0.2) is 74.2 Å². The van der Waals surface area contributed by atoms with Crippen molar-refractivity contribution in [3.8, 4) is 5.75 Å². The van der Waals surface area contributed by atoms with Crippen LogP contribution in [0.4, 0.5) is 0 Å². The number of aliphatic hydroxyl groups is 1. The Morgan fingerprint density at radius 2 is 1.82 bits per heavy atom. The summed E-state index contributed by atoms with van der Waals surface area (Å²) in [5.41, 5.74) is 0.379. The van der Waals surface area contributed by atoms with Crippen LogP contribution >= 0.6 is 0 Å². The molecule has 1 aliphatic rings. The van der Waals surface area contributed by atoms with Crippen molar-refractivity contribution in [2.24, 2.45) is 11.8 Å². The molecule has 0 aliphatic carbocycles. The van der Waals surface area contributed by atoms with Crippen molar-refractivity contribution in [3.63, 3.8) is 0 Å². The molecular formula is C26H33N5O7. The molecule has 204 valence electrons. The molecule has 0 spiro atoms. The number of cyclic esters (lactones) is 1. The number of aromatic hydroxyl groups is 1. The van der Waals surface area contributed by atoms with Gasteiger partial charge in [-0.05, 0) is 49.9 Å². The Bertz CT molecular complexity index is 1160. The molecule has 0 saturated carbocycles. The van der Waals surface area contributed by atoms with E-state index in [0.717, 1.165) is 0 Å². The van der Waals surface area contributed by atoms with E-state index >= 15 is 0 Å². The molecule has 1 saturated heterocycles. The van der Waals surface area contributed by atoms with E-state index in [1.165, 1.54) is 32.2 Å². The number of pyridine rings is 2. The lowest BCUT2D eigenvalue weighted by molar-refractivity contribution is -0.166. The molecule has 2 aromatic rings. The van der Waals surface area contributed by atoms with E-state index < -0.39 is 65.9 Å². The number of aromatic nitrogens is 2. The van der Waals surface area contributed by atoms with E-state index in [2.05, 4.69) is 25.9 Å². The lowest BCUT2D eigenvalue weighted by atomic mass is 9.92. The van der Waals surface area contributed by atoms with Gasteiger partial charge < -0.3 is 30.9 Å². The normalized spacial score (nSPS) is 26.8. The van der Waals surface area contributed by atoms with Crippen molar-refractivity contribution in [3.05, 3.63) is 54.1 Å². The third kappa shape index (κ3) is 6.82. The maximum absolute atomic E-state index is 13.5. The first kappa shape index (κ1) is 28.5. The molecule has 1 fully saturated rings. The number of hydrogen-bond acceptors (Lipinski definition) is 9. The second-order valence-electron chi connectivity index (χ2n) is 9.68. The third-order valence-electron chi connectivity index (χ3n) is 6.35. The van der Waals surface area contributed by atoms with E-state index in [0.29, 0.717) is 5.56 Å². The molecule has 3 rings (SSSR count). The van der Waals surface area contributed by atoms with Crippen LogP contribution in [-0.2, 0) is 25.5 Å². The van der Waals surface area contributed by atoms with E-state index in [4.69, 9.17) is 4.74 Å². The third-order valence-corrected chi connectivity index (χ3v) is 6.35. The highest BCUT2D eigenvalue weighted by atomic mass is 16.5. The largest absolute Gasteiger partial charge is 0.505 e. The van der Waals surface area contributed by atoms with Crippen LogP contribution in [0.5, 0.6) is 5.75 Å². The first-order valence-electron chi connectivity index (χ1n) is 12.3. The average molecular weight is 528 g/mol. The van der Waals surface area contributed by atoms with Gasteiger partial charge in [0.2, 0.25) is 5.91 Å². The van der Waals surface area contributed by atoms with Gasteiger partial charge in [0.1, 0.15) is 11.8 Å². The SMILES string of the molecule is CC(C)C1OC(=O)C(C)C(O)C(Cc2cccnc2)NC(=O)C(NC(=O)c2ncccc2O)C(C)NC1=O. The maximum Gasteiger partial charge on any atom is 0.312 e. The molecule has 3 heterocycles. The van der Waals surface area contributed by atoms with Crippen LogP contribution in [0.15, 0.2) is 42.9 Å². The molecule has 0 radical (unpaired) electrons. The van der Waals surface area contributed by atoms with E-state index in [-0.39, 0.29) is 17.9 Å². The molecule has 3 amide bonds. The van der Waals surface area contributed by atoms with Crippen molar-refractivity contribution >= 4 is 23.7 Å². The minimum absolute atomic E-state index is 0.119. The number of aliphatic hydroxyl groups excluding tert-OH is 1. The monoisotopic (exact) mass is 527 g/mol. The smallest absolute Gasteiger partial charge is 0.312 e. The highest BCUT2D eigenvalue weighted by molar-refractivity contribution is 5.98. The number of nitrogens with zero attached hydrogens (tertiary/aromatic N) is 2. The van der Waals surface area contributed by atoms with Crippen LogP contribution in [0.25, 0.3) is 0 Å². The number of ether oxygens (including phenoxy) is 1. The standard InChI is InChI=1S/C26H33N5O7/c1-13(2)22-25(36)29-15(4)19(31-24(35)20-18(32)8-6-10-28-20)23(34)30-17(11-16-7-5-9-27-12-16)21(33)14(3)26(37)38-22/h5-10,12-15,17,19,21-22,32-33H,11H2,1-4H3,(H,29,36)(H,30,34)(H,31,35). The summed E-state index contributed by atoms with van der Waals surface area (Å²) >= 11 is 0. The molecule has 12 nitrogen and oxygen atoms in total. The van der Waals surface area contributed by atoms with Crippen molar-refractivity contribution < 1.29 is 34.1 Å². The van der Waals surface area contributed by atoms with Gasteiger partial charge in [-0.2, -0.15) is 0 Å². The maximum atomic E-state index is 13.5. The zero-order valence-electron chi connectivity index (χ0n) is 21.6. The van der Waals surface area contributed by atoms with Crippen LogP contribution in [0.3, 0.4) is 0 Å². The highest BCUT2D eigenvalue weighted by Crippen LogP contribution is 2.19. The topological polar surface area (TPSA) is 180 Å². The fraction of sp³-hybridized carbons (Fsp3) is 0.462. The van der Waals surface area contributed by atoms with Gasteiger partial charge in [-0.15, -0.1) is 0 Å². The number of hydrogen-bond donors (Lipinski definition) is 5. The van der Waals surface area contributed by atoms with Crippen molar-refractivity contribution in [2.75, 3.05) is 0 Å². The summed E-state index contributed by atoms with van der Waals surface area (Å²) in [6, 6.07) is 2.88. The van der Waals surface area contributed by atoms with Gasteiger partial charge in [0, 0.05) is 18.6 Å². The summed E-state index contributed by atoms with van der Waals surface area (Å²) in [4.78, 5) is 60.3. The Morgan fingerprint density at radius 1 is 1.11 bits per heavy atom. The number of rotatable bonds is 5. The lowest BCUT2D eigenvalue weighted by Crippen LogP contribution is -2.62. The van der Waals surface area contributed by atoms with Crippen LogP contribution in [0.1, 0.15) is 43.7 Å². The fourth-order valence-electron chi connectivity index (χ4n) is 4.10. The quantitative estimate of drug-likeness (QED) is 0.337. The van der Waals surface area contributed by atoms with Crippen molar-refractivity contribution in [1.29, 1.82) is 0 Å². The van der Waals surface area contributed by atoms with E-state index in [1.807, 2.05) is 0 Å². The summed E-state index contributed by atoms with van der Waals surface area (Å²) in [7, 11) is 0. The van der Waals surface area contributed by atoms with Gasteiger partial charge in [-0.1, -0.05) is 19.9 Å². The minimum atomic E-state index is -1.39. The molecule has 2 aromatic heterocycles. The minimum Gasteiger partial charge on any atom is -0.505 e. The zero-order chi connectivity index (χ0) is 28.0. The molecular weight excluding hydrogens is 494 g/mol. The predicted molar refractivity (Wildman–Crippen MR) is 135 cm³/mol. The predicted octanol–water partition coefficient (Wildman–Crippen LogP) is 0.0912. The number of esters is 1. The number of carbonyl (C=O) groups excluding carboxylic acids is 4. The summed E-state index contributed by atoms with van der Waals surface area (Å²) < 4.78 is 5.49. The van der Waals surface area contributed by atoms with Gasteiger partial charge in [0.15, 0.2) is 11.8 Å². The molecule has 12 heteroatoms. The lowest BCUT2D eigenvalue weighted by Gasteiger charge is -2.34. The Hall–Kier alpha value is -4.06. The number of carbonyl (C=O) groups is 4. The van der Waals surface area contributed by atoms with Gasteiger partial charge in [0.05, 0.1) is 24.1 Å². The Morgan fingerprint density at radius 3 is 2.45 bits per heavy atom. The second kappa shape index (κ2) is 12.5. The average Bonchev–Trinajstić information content (AvgIpc) is 2.88. The molecule has 1 aliphatic heterocycles. The molecule has 38 heavy (non-hydrogen) atoms. The molecule has 5 N–H and O–H groups in total. The molecule has 6 atom stereocenters. The van der Waals surface area contributed by atoms with Gasteiger partial charge in [-0.25, -0.2) is 4.98 Å². The molecule has 6 unspecified atom stereocenters. The van der Waals surface area contributed by atoms with Crippen LogP contribution < -0.4 is 16.0 Å². The molecule has 0 aromatic carbocycles. The summed E-state index contributed by atoms with van der Waals surface area (Å²) in [6.45, 7) is 6.33. The molecule has 0 bridgehead atoms. The van der Waals surface area contributed by atoms with E-state index in [9.17, 15) is 29.4 Å². The van der Waals surface area contributed by atoms with Crippen molar-refractivity contribution in [1.82, 2.24) is 25.9 Å². The Balaban J connectivity index is 1.99. The van der Waals surface area contributed by atoms with Crippen LogP contribution in [0.2, 0.25) is 0 Å². The van der Waals surface area contributed by atoms with Crippen LogP contribution in [0, 0.1) is 11.8 Å². The number of amides is 3. The second-order valence-corrected chi connectivity index (χ2v) is 9.68. The van der Waals surface area contributed by atoms with Crippen molar-refractivity contribution in [2.45, 2.75) is 64.4 Å². The summed E-state index contributed by atoms with van der Waals surface area (Å²) in [5.74, 6) is -4.93. The van der Waals surface area contributed by atoms with E-state index in [1.54, 1.807) is 38.4 Å². The highest BCUT2D eigenvalue weighted by Gasteiger charge is 2.39.